The first kappa shape index (κ1) is 13.8. The van der Waals surface area contributed by atoms with E-state index in [-0.39, 0.29) is 29.8 Å². The molecule has 4 heteroatoms. The van der Waals surface area contributed by atoms with Crippen LogP contribution in [0.3, 0.4) is 0 Å². The van der Waals surface area contributed by atoms with Gasteiger partial charge >= 0.3 is 5.97 Å². The molecule has 2 atom stereocenters. The predicted octanol–water partition coefficient (Wildman–Crippen LogP) is 1.92. The minimum absolute atomic E-state index is 0.0695. The Hall–Kier alpha value is -1.58. The van der Waals surface area contributed by atoms with Crippen LogP contribution < -0.4 is 0 Å². The first-order valence-corrected chi connectivity index (χ1v) is 6.89. The van der Waals surface area contributed by atoms with Crippen LogP contribution in [0, 0.1) is 11.8 Å². The van der Waals surface area contributed by atoms with Gasteiger partial charge in [-0.15, -0.1) is 0 Å². The summed E-state index contributed by atoms with van der Waals surface area (Å²) in [5.74, 6) is -0.776. The number of amides is 1. The highest BCUT2D eigenvalue weighted by Crippen LogP contribution is 2.29. The average Bonchev–Trinajstić information content (AvgIpc) is 2.91. The molecule has 0 fully saturated rings. The van der Waals surface area contributed by atoms with Crippen LogP contribution >= 0.6 is 0 Å². The van der Waals surface area contributed by atoms with Gasteiger partial charge < -0.3 is 9.64 Å². The number of hydrogen-bond acceptors (Lipinski definition) is 3. The molecule has 0 unspecified atom stereocenters. The second-order valence-electron chi connectivity index (χ2n) is 5.36. The molecule has 1 aliphatic carbocycles. The van der Waals surface area contributed by atoms with Crippen LogP contribution in [-0.4, -0.2) is 36.0 Å². The van der Waals surface area contributed by atoms with Crippen molar-refractivity contribution in [3.8, 4) is 0 Å². The molecule has 2 rings (SSSR count). The summed E-state index contributed by atoms with van der Waals surface area (Å²) in [4.78, 5) is 26.3. The topological polar surface area (TPSA) is 46.6 Å². The lowest BCUT2D eigenvalue weighted by Crippen LogP contribution is -2.41. The highest BCUT2D eigenvalue weighted by Gasteiger charge is 2.37. The van der Waals surface area contributed by atoms with Crippen molar-refractivity contribution < 1.29 is 14.3 Å². The van der Waals surface area contributed by atoms with Crippen LogP contribution in [-0.2, 0) is 14.3 Å². The first-order valence-electron chi connectivity index (χ1n) is 6.89. The Balaban J connectivity index is 2.05. The van der Waals surface area contributed by atoms with Crippen LogP contribution in [0.4, 0.5) is 0 Å². The molecule has 0 bridgehead atoms. The fraction of sp³-hybridized carbons (Fsp3) is 0.600. The molecule has 0 aromatic rings. The van der Waals surface area contributed by atoms with Gasteiger partial charge in [-0.25, -0.2) is 0 Å². The van der Waals surface area contributed by atoms with Crippen LogP contribution in [0.15, 0.2) is 24.3 Å². The average molecular weight is 263 g/mol. The molecular formula is C15H21NO3. The quantitative estimate of drug-likeness (QED) is 0.577. The summed E-state index contributed by atoms with van der Waals surface area (Å²) in [5.41, 5.74) is 0. The van der Waals surface area contributed by atoms with E-state index < -0.39 is 0 Å². The third kappa shape index (κ3) is 3.25. The summed E-state index contributed by atoms with van der Waals surface area (Å²) in [6, 6.07) is 0. The second kappa shape index (κ2) is 6.04. The number of carbonyl (C=O) groups is 2. The summed E-state index contributed by atoms with van der Waals surface area (Å²) >= 11 is 0. The number of nitrogens with zero attached hydrogens (tertiary/aromatic N) is 1. The van der Waals surface area contributed by atoms with Gasteiger partial charge in [-0.1, -0.05) is 24.3 Å². The Morgan fingerprint density at radius 3 is 2.21 bits per heavy atom. The number of rotatable bonds is 3. The lowest BCUT2D eigenvalue weighted by Gasteiger charge is -2.30. The van der Waals surface area contributed by atoms with E-state index in [0.717, 1.165) is 0 Å². The molecule has 0 spiro atoms. The number of allylic oxidation sites excluding steroid dienone is 2. The largest absolute Gasteiger partial charge is 0.463 e. The van der Waals surface area contributed by atoms with Crippen molar-refractivity contribution in [2.75, 3.05) is 13.1 Å². The molecule has 19 heavy (non-hydrogen) atoms. The Bertz CT molecular complexity index is 404. The molecule has 4 nitrogen and oxygen atoms in total. The van der Waals surface area contributed by atoms with Gasteiger partial charge in [0.2, 0.25) is 5.91 Å². The van der Waals surface area contributed by atoms with E-state index in [1.54, 1.807) is 4.90 Å². The van der Waals surface area contributed by atoms with Gasteiger partial charge in [-0.05, 0) is 26.7 Å². The van der Waals surface area contributed by atoms with Crippen LogP contribution in [0.5, 0.6) is 0 Å². The van der Waals surface area contributed by atoms with Crippen molar-refractivity contribution in [3.63, 3.8) is 0 Å². The zero-order chi connectivity index (χ0) is 13.8. The number of ether oxygens (including phenoxy) is 1. The molecule has 0 aromatic carbocycles. The van der Waals surface area contributed by atoms with Gasteiger partial charge in [0.1, 0.15) is 0 Å². The molecule has 1 heterocycles. The fourth-order valence-electron chi connectivity index (χ4n) is 2.56. The molecule has 0 radical (unpaired) electrons. The van der Waals surface area contributed by atoms with Crippen molar-refractivity contribution in [2.45, 2.75) is 32.8 Å². The number of hydrogen-bond donors (Lipinski definition) is 0. The van der Waals surface area contributed by atoms with Gasteiger partial charge in [0.15, 0.2) is 0 Å². The van der Waals surface area contributed by atoms with Gasteiger partial charge in [0.05, 0.1) is 17.9 Å². The van der Waals surface area contributed by atoms with E-state index in [1.165, 1.54) is 0 Å². The number of carbonyl (C=O) groups excluding carboxylic acids is 2. The maximum atomic E-state index is 12.4. The van der Waals surface area contributed by atoms with E-state index in [4.69, 9.17) is 4.74 Å². The normalized spacial score (nSPS) is 25.9. The summed E-state index contributed by atoms with van der Waals surface area (Å²) in [7, 11) is 0. The lowest BCUT2D eigenvalue weighted by molar-refractivity contribution is -0.158. The van der Waals surface area contributed by atoms with E-state index in [2.05, 4.69) is 0 Å². The Morgan fingerprint density at radius 1 is 1.05 bits per heavy atom. The predicted molar refractivity (Wildman–Crippen MR) is 72.3 cm³/mol. The summed E-state index contributed by atoms with van der Waals surface area (Å²) in [6.45, 7) is 4.98. The minimum atomic E-state index is -0.333. The van der Waals surface area contributed by atoms with E-state index >= 15 is 0 Å². The van der Waals surface area contributed by atoms with Gasteiger partial charge in [0.25, 0.3) is 0 Å². The Kier molecular flexibility index (Phi) is 4.40. The van der Waals surface area contributed by atoms with E-state index in [0.29, 0.717) is 25.9 Å². The van der Waals surface area contributed by atoms with Crippen molar-refractivity contribution >= 4 is 11.9 Å². The van der Waals surface area contributed by atoms with Gasteiger partial charge in [-0.3, -0.25) is 9.59 Å². The highest BCUT2D eigenvalue weighted by atomic mass is 16.5. The second-order valence-corrected chi connectivity index (χ2v) is 5.36. The maximum absolute atomic E-state index is 12.4. The summed E-state index contributed by atoms with van der Waals surface area (Å²) in [5, 5.41) is 0. The third-order valence-corrected chi connectivity index (χ3v) is 3.53. The molecule has 0 aromatic heterocycles. The molecule has 1 aliphatic heterocycles. The third-order valence-electron chi connectivity index (χ3n) is 3.53. The number of esters is 1. The maximum Gasteiger partial charge on any atom is 0.310 e. The molecule has 1 amide bonds. The summed E-state index contributed by atoms with van der Waals surface area (Å²) in [6.07, 6.45) is 9.03. The fourth-order valence-corrected chi connectivity index (χ4v) is 2.56. The molecule has 0 saturated carbocycles. The van der Waals surface area contributed by atoms with Crippen molar-refractivity contribution in [1.29, 1.82) is 0 Å². The molecule has 104 valence electrons. The monoisotopic (exact) mass is 263 g/mol. The minimum Gasteiger partial charge on any atom is -0.463 e. The Labute approximate surface area is 114 Å². The smallest absolute Gasteiger partial charge is 0.310 e. The van der Waals surface area contributed by atoms with Crippen LogP contribution in [0.25, 0.3) is 0 Å². The van der Waals surface area contributed by atoms with Gasteiger partial charge in [0, 0.05) is 13.1 Å². The van der Waals surface area contributed by atoms with Crippen molar-refractivity contribution in [1.82, 2.24) is 4.90 Å². The lowest BCUT2D eigenvalue weighted by atomic mass is 9.82. The molecule has 0 saturated heterocycles. The van der Waals surface area contributed by atoms with E-state index in [9.17, 15) is 9.59 Å². The molecule has 0 N–H and O–H groups in total. The zero-order valence-corrected chi connectivity index (χ0v) is 11.5. The summed E-state index contributed by atoms with van der Waals surface area (Å²) < 4.78 is 5.27. The SMILES string of the molecule is CC(C)OC(=O)[C@H]1CC=CC[C@H]1C(=O)N1CC=CC1. The van der Waals surface area contributed by atoms with Crippen LogP contribution in [0.1, 0.15) is 26.7 Å². The molecular weight excluding hydrogens is 242 g/mol. The highest BCUT2D eigenvalue weighted by molar-refractivity contribution is 5.86. The first-order chi connectivity index (χ1) is 9.09. The molecule has 2 aliphatic rings. The van der Waals surface area contributed by atoms with Crippen molar-refractivity contribution in [2.24, 2.45) is 11.8 Å². The standard InChI is InChI=1S/C15H21NO3/c1-11(2)19-15(18)13-8-4-3-7-12(13)14(17)16-9-5-6-10-16/h3-6,11-13H,7-10H2,1-2H3/t12-,13+/m1/s1. The van der Waals surface area contributed by atoms with Crippen molar-refractivity contribution in [3.05, 3.63) is 24.3 Å². The zero-order valence-electron chi connectivity index (χ0n) is 11.5. The van der Waals surface area contributed by atoms with Crippen LogP contribution in [0.2, 0.25) is 0 Å². The van der Waals surface area contributed by atoms with Gasteiger partial charge in [-0.2, -0.15) is 0 Å². The van der Waals surface area contributed by atoms with E-state index in [1.807, 2.05) is 38.2 Å². The Morgan fingerprint density at radius 2 is 1.63 bits per heavy atom.